The second-order valence-electron chi connectivity index (χ2n) is 9.06. The van der Waals surface area contributed by atoms with Crippen molar-refractivity contribution in [3.8, 4) is 0 Å². The van der Waals surface area contributed by atoms with Crippen LogP contribution in [0.1, 0.15) is 34.1 Å². The van der Waals surface area contributed by atoms with E-state index >= 15 is 0 Å². The highest BCUT2D eigenvalue weighted by atomic mass is 32.1. The van der Waals surface area contributed by atoms with Crippen molar-refractivity contribution in [1.29, 1.82) is 0 Å². The van der Waals surface area contributed by atoms with Crippen LogP contribution >= 0.6 is 26.5 Å². The van der Waals surface area contributed by atoms with Gasteiger partial charge in [0.05, 0.1) is 11.0 Å². The first-order valence-corrected chi connectivity index (χ1v) is 15.7. The molecule has 0 spiro atoms. The highest BCUT2D eigenvalue weighted by molar-refractivity contribution is 7.70. The monoisotopic (exact) mass is 555 g/mol. The summed E-state index contributed by atoms with van der Waals surface area (Å²) in [6.07, 6.45) is 6.65. The number of hydrogen-bond acceptors (Lipinski definition) is 5. The summed E-state index contributed by atoms with van der Waals surface area (Å²) in [5.74, 6) is 0.678. The molecule has 2 unspecified atom stereocenters. The minimum atomic E-state index is -4.65. The lowest BCUT2D eigenvalue weighted by atomic mass is 9.94. The fraction of sp³-hybridized carbons (Fsp3) is 0.185. The maximum atomic E-state index is 13.8. The van der Waals surface area contributed by atoms with Gasteiger partial charge < -0.3 is 23.8 Å². The molecule has 2 aromatic heterocycles. The summed E-state index contributed by atoms with van der Waals surface area (Å²) in [6.45, 7) is 3.77. The Morgan fingerprint density at radius 1 is 1.08 bits per heavy atom. The molecular formula is C27H27NO6P2S. The number of thiophene rings is 1. The minimum absolute atomic E-state index is 0.0954. The Morgan fingerprint density at radius 2 is 1.86 bits per heavy atom. The average Bonchev–Trinajstić information content (AvgIpc) is 3.48. The van der Waals surface area contributed by atoms with Gasteiger partial charge in [0.15, 0.2) is 0 Å². The van der Waals surface area contributed by atoms with E-state index in [2.05, 4.69) is 11.2 Å². The van der Waals surface area contributed by atoms with E-state index in [0.717, 1.165) is 49.6 Å². The van der Waals surface area contributed by atoms with Crippen molar-refractivity contribution in [3.05, 3.63) is 94.6 Å². The molecule has 5 rings (SSSR count). The van der Waals surface area contributed by atoms with E-state index in [1.165, 1.54) is 7.11 Å². The van der Waals surface area contributed by atoms with Gasteiger partial charge in [0.25, 0.3) is 0 Å². The van der Waals surface area contributed by atoms with E-state index < -0.39 is 15.1 Å². The number of rotatable bonds is 7. The fourth-order valence-corrected chi connectivity index (χ4v) is 8.55. The number of benzene rings is 2. The van der Waals surface area contributed by atoms with Crippen molar-refractivity contribution in [1.82, 2.24) is 0 Å². The Hall–Kier alpha value is -2.70. The molecule has 0 aliphatic heterocycles. The van der Waals surface area contributed by atoms with Gasteiger partial charge in [-0.15, -0.1) is 11.3 Å². The number of nitrogens with one attached hydrogen (secondary N) is 1. The zero-order valence-corrected chi connectivity index (χ0v) is 23.1. The van der Waals surface area contributed by atoms with Crippen molar-refractivity contribution in [2.45, 2.75) is 26.2 Å². The van der Waals surface area contributed by atoms with Crippen molar-refractivity contribution < 1.29 is 27.9 Å². The van der Waals surface area contributed by atoms with Gasteiger partial charge in [-0.2, -0.15) is 0 Å². The quantitative estimate of drug-likeness (QED) is 0.220. The van der Waals surface area contributed by atoms with Gasteiger partial charge in [0, 0.05) is 28.9 Å². The summed E-state index contributed by atoms with van der Waals surface area (Å²) in [6, 6.07) is 16.9. The number of furan rings is 1. The minimum Gasteiger partial charge on any atom is -0.456 e. The predicted molar refractivity (Wildman–Crippen MR) is 150 cm³/mol. The maximum absolute atomic E-state index is 13.8. The number of aryl methyl sites for hydroxylation is 2. The molecule has 37 heavy (non-hydrogen) atoms. The molecule has 0 saturated heterocycles. The second-order valence-corrected chi connectivity index (χ2v) is 14.2. The molecule has 0 fully saturated rings. The molecule has 2 heterocycles. The van der Waals surface area contributed by atoms with E-state index in [1.807, 2.05) is 68.5 Å². The smallest absolute Gasteiger partial charge is 0.368 e. The van der Waals surface area contributed by atoms with Crippen molar-refractivity contribution in [2.24, 2.45) is 0 Å². The summed E-state index contributed by atoms with van der Waals surface area (Å²) in [5, 5.41) is 4.35. The Kier molecular flexibility index (Phi) is 6.92. The van der Waals surface area contributed by atoms with Crippen molar-refractivity contribution in [3.63, 3.8) is 0 Å². The standard InChI is InChI=1S/C27H27NO6P2S/c1-17-8-13-25(18(2)14-17)35(29,33-3)28-22-16-26(37-27(22)36(30,31)32)20-11-9-19(10-12-20)24-15-21-6-4-5-7-23(21)34-24/h4-11,13-16,20H,12H2,1-3H3,(H,28,29)(H2,30,31,32). The summed E-state index contributed by atoms with van der Waals surface area (Å²) in [4.78, 5) is 20.9. The average molecular weight is 556 g/mol. The third kappa shape index (κ3) is 5.19. The molecule has 192 valence electrons. The van der Waals surface area contributed by atoms with Crippen LogP contribution in [0.25, 0.3) is 16.5 Å². The molecule has 2 aromatic carbocycles. The van der Waals surface area contributed by atoms with Gasteiger partial charge in [-0.1, -0.05) is 54.1 Å². The lowest BCUT2D eigenvalue weighted by Crippen LogP contribution is -2.18. The lowest BCUT2D eigenvalue weighted by Gasteiger charge is -2.21. The number of anilines is 1. The third-order valence-corrected chi connectivity index (χ3v) is 11.4. The first-order valence-electron chi connectivity index (χ1n) is 11.7. The van der Waals surface area contributed by atoms with Gasteiger partial charge in [-0.3, -0.25) is 9.13 Å². The third-order valence-electron chi connectivity index (χ3n) is 6.37. The van der Waals surface area contributed by atoms with Gasteiger partial charge in [-0.25, -0.2) is 0 Å². The number of fused-ring (bicyclic) bond motifs is 1. The Labute approximate surface area is 219 Å². The Balaban J connectivity index is 1.44. The van der Waals surface area contributed by atoms with E-state index in [-0.39, 0.29) is 16.2 Å². The SMILES string of the molecule is COP(=O)(Nc1cc(C2C=CC(c3cc4ccccc4o3)=CC2)sc1P(=O)(O)O)c1ccc(C)cc1C. The first kappa shape index (κ1) is 25.9. The molecule has 7 nitrogen and oxygen atoms in total. The number of hydrogen-bond donors (Lipinski definition) is 3. The van der Waals surface area contributed by atoms with Crippen LogP contribution in [0, 0.1) is 13.8 Å². The molecule has 1 aliphatic rings. The highest BCUT2D eigenvalue weighted by Crippen LogP contribution is 2.50. The zero-order valence-electron chi connectivity index (χ0n) is 20.5. The molecule has 0 saturated carbocycles. The van der Waals surface area contributed by atoms with Crippen molar-refractivity contribution >= 4 is 58.6 Å². The molecule has 10 heteroatoms. The van der Waals surface area contributed by atoms with Crippen molar-refractivity contribution in [2.75, 3.05) is 12.2 Å². The highest BCUT2D eigenvalue weighted by Gasteiger charge is 2.33. The molecule has 0 bridgehead atoms. The zero-order chi connectivity index (χ0) is 26.4. The molecule has 0 amide bonds. The van der Waals surface area contributed by atoms with Crippen LogP contribution in [0.4, 0.5) is 5.69 Å². The van der Waals surface area contributed by atoms with E-state index in [1.54, 1.807) is 12.1 Å². The van der Waals surface area contributed by atoms with E-state index in [9.17, 15) is 18.9 Å². The normalized spacial score (nSPS) is 17.5. The topological polar surface area (TPSA) is 109 Å². The van der Waals surface area contributed by atoms with Crippen LogP contribution in [0.2, 0.25) is 0 Å². The lowest BCUT2D eigenvalue weighted by molar-refractivity contribution is 0.388. The van der Waals surface area contributed by atoms with Crippen LogP contribution in [0.15, 0.2) is 77.2 Å². The predicted octanol–water partition coefficient (Wildman–Crippen LogP) is 6.62. The van der Waals surface area contributed by atoms with Crippen LogP contribution in [-0.2, 0) is 13.7 Å². The van der Waals surface area contributed by atoms with E-state index in [0.29, 0.717) is 11.7 Å². The van der Waals surface area contributed by atoms with Gasteiger partial charge >= 0.3 is 15.1 Å². The van der Waals surface area contributed by atoms with Gasteiger partial charge in [0.1, 0.15) is 16.0 Å². The van der Waals surface area contributed by atoms with E-state index in [4.69, 9.17) is 8.94 Å². The summed E-state index contributed by atoms with van der Waals surface area (Å²) >= 11 is 1.02. The molecular weight excluding hydrogens is 528 g/mol. The van der Waals surface area contributed by atoms with Crippen LogP contribution in [0.3, 0.4) is 0 Å². The molecule has 4 aromatic rings. The maximum Gasteiger partial charge on any atom is 0.368 e. The fourth-order valence-electron chi connectivity index (χ4n) is 4.52. The van der Waals surface area contributed by atoms with Gasteiger partial charge in [0.2, 0.25) is 0 Å². The Bertz CT molecular complexity index is 1610. The molecule has 2 atom stereocenters. The second kappa shape index (κ2) is 9.88. The van der Waals surface area contributed by atoms with Crippen LogP contribution in [-0.4, -0.2) is 16.9 Å². The Morgan fingerprint density at radius 3 is 2.51 bits per heavy atom. The van der Waals surface area contributed by atoms with Crippen LogP contribution in [0.5, 0.6) is 0 Å². The number of para-hydroxylation sites is 1. The number of allylic oxidation sites excluding steroid dienone is 4. The van der Waals surface area contributed by atoms with Crippen LogP contribution < -0.4 is 15.0 Å². The molecule has 3 N–H and O–H groups in total. The summed E-state index contributed by atoms with van der Waals surface area (Å²) in [5.41, 5.74) is 3.68. The summed E-state index contributed by atoms with van der Waals surface area (Å²) in [7, 11) is -6.97. The van der Waals surface area contributed by atoms with Gasteiger partial charge in [-0.05, 0) is 50.1 Å². The largest absolute Gasteiger partial charge is 0.456 e. The molecule has 1 aliphatic carbocycles. The first-order chi connectivity index (χ1) is 17.6. The summed E-state index contributed by atoms with van der Waals surface area (Å²) < 4.78 is 37.4. The molecule has 0 radical (unpaired) electrons.